The second-order valence-electron chi connectivity index (χ2n) is 5.73. The number of aliphatic imine (C=N–C) groups is 1. The molecule has 1 heterocycles. The average molecular weight is 347 g/mol. The first-order chi connectivity index (χ1) is 11.6. The van der Waals surface area contributed by atoms with Crippen LogP contribution in [0.5, 0.6) is 5.75 Å². The van der Waals surface area contributed by atoms with Crippen LogP contribution >= 0.6 is 11.3 Å². The molecule has 0 aliphatic carbocycles. The summed E-state index contributed by atoms with van der Waals surface area (Å²) < 4.78 is 5.91. The topological polar surface area (TPSA) is 58.5 Å². The van der Waals surface area contributed by atoms with Crippen molar-refractivity contribution in [1.82, 2.24) is 15.6 Å². The van der Waals surface area contributed by atoms with Gasteiger partial charge in [-0.3, -0.25) is 4.99 Å². The fraction of sp³-hybridized carbons (Fsp3) is 0.444. The molecule has 0 saturated carbocycles. The minimum absolute atomic E-state index is 0.0477. The van der Waals surface area contributed by atoms with Crippen LogP contribution in [0.2, 0.25) is 0 Å². The van der Waals surface area contributed by atoms with E-state index >= 15 is 0 Å². The van der Waals surface area contributed by atoms with E-state index in [1.54, 1.807) is 18.4 Å². The zero-order valence-electron chi connectivity index (χ0n) is 14.8. The van der Waals surface area contributed by atoms with Gasteiger partial charge >= 0.3 is 0 Å². The van der Waals surface area contributed by atoms with E-state index in [-0.39, 0.29) is 6.10 Å². The number of hydrogen-bond acceptors (Lipinski definition) is 4. The Labute approximate surface area is 148 Å². The molecule has 1 aromatic carbocycles. The van der Waals surface area contributed by atoms with E-state index in [4.69, 9.17) is 4.74 Å². The molecule has 0 bridgehead atoms. The van der Waals surface area contributed by atoms with Gasteiger partial charge < -0.3 is 15.4 Å². The van der Waals surface area contributed by atoms with E-state index in [0.29, 0.717) is 6.54 Å². The zero-order chi connectivity index (χ0) is 17.4. The third kappa shape index (κ3) is 6.20. The number of nitrogens with one attached hydrogen (secondary N) is 2. The summed E-state index contributed by atoms with van der Waals surface area (Å²) in [4.78, 5) is 8.70. The van der Waals surface area contributed by atoms with Crippen LogP contribution in [-0.2, 0) is 6.42 Å². The summed E-state index contributed by atoms with van der Waals surface area (Å²) in [5.41, 5.74) is 2.32. The van der Waals surface area contributed by atoms with Gasteiger partial charge in [-0.2, -0.15) is 0 Å². The normalized spacial score (nSPS) is 12.8. The van der Waals surface area contributed by atoms with Crippen LogP contribution in [0.25, 0.3) is 0 Å². The summed E-state index contributed by atoms with van der Waals surface area (Å²) in [6, 6.07) is 8.09. The van der Waals surface area contributed by atoms with Crippen molar-refractivity contribution in [3.05, 3.63) is 45.9 Å². The van der Waals surface area contributed by atoms with Gasteiger partial charge in [0.05, 0.1) is 17.2 Å². The molecule has 2 aromatic rings. The number of benzene rings is 1. The maximum absolute atomic E-state index is 5.91. The van der Waals surface area contributed by atoms with Crippen LogP contribution in [0.1, 0.15) is 23.2 Å². The standard InChI is InChI=1S/C18H26N4OS/c1-13-6-5-7-17(10-13)23-14(2)11-21-18(19-4)20-9-8-16-12-24-15(3)22-16/h5-7,10,12,14H,8-9,11H2,1-4H3,(H2,19,20,21). The minimum Gasteiger partial charge on any atom is -0.489 e. The molecular weight excluding hydrogens is 320 g/mol. The number of ether oxygens (including phenoxy) is 1. The number of guanidine groups is 1. The number of thiazole rings is 1. The van der Waals surface area contributed by atoms with E-state index in [1.807, 2.05) is 32.0 Å². The summed E-state index contributed by atoms with van der Waals surface area (Å²) >= 11 is 1.68. The van der Waals surface area contributed by atoms with Crippen molar-refractivity contribution in [3.63, 3.8) is 0 Å². The highest BCUT2D eigenvalue weighted by Crippen LogP contribution is 2.13. The molecule has 0 aliphatic rings. The third-order valence-electron chi connectivity index (χ3n) is 3.45. The third-order valence-corrected chi connectivity index (χ3v) is 4.27. The highest BCUT2D eigenvalue weighted by molar-refractivity contribution is 7.09. The highest BCUT2D eigenvalue weighted by atomic mass is 32.1. The van der Waals surface area contributed by atoms with Crippen LogP contribution in [0.4, 0.5) is 0 Å². The van der Waals surface area contributed by atoms with E-state index in [2.05, 4.69) is 39.0 Å². The maximum Gasteiger partial charge on any atom is 0.191 e. The van der Waals surface area contributed by atoms with E-state index in [1.165, 1.54) is 5.56 Å². The Morgan fingerprint density at radius 1 is 1.33 bits per heavy atom. The molecule has 0 amide bonds. The lowest BCUT2D eigenvalue weighted by Gasteiger charge is -2.18. The Hall–Kier alpha value is -2.08. The lowest BCUT2D eigenvalue weighted by molar-refractivity contribution is 0.223. The lowest BCUT2D eigenvalue weighted by atomic mass is 10.2. The van der Waals surface area contributed by atoms with Gasteiger partial charge in [-0.1, -0.05) is 12.1 Å². The van der Waals surface area contributed by atoms with Gasteiger partial charge in [0.1, 0.15) is 11.9 Å². The first-order valence-electron chi connectivity index (χ1n) is 8.15. The smallest absolute Gasteiger partial charge is 0.191 e. The molecule has 130 valence electrons. The SMILES string of the molecule is CN=C(NCCc1csc(C)n1)NCC(C)Oc1cccc(C)c1. The minimum atomic E-state index is 0.0477. The van der Waals surface area contributed by atoms with Crippen molar-refractivity contribution < 1.29 is 4.74 Å². The van der Waals surface area contributed by atoms with Gasteiger partial charge in [-0.15, -0.1) is 11.3 Å². The number of aryl methyl sites for hydroxylation is 2. The molecule has 0 radical (unpaired) electrons. The van der Waals surface area contributed by atoms with E-state index in [9.17, 15) is 0 Å². The number of aromatic nitrogens is 1. The molecule has 1 aromatic heterocycles. The Morgan fingerprint density at radius 3 is 2.83 bits per heavy atom. The number of rotatable bonds is 7. The van der Waals surface area contributed by atoms with Gasteiger partial charge in [0.2, 0.25) is 0 Å². The van der Waals surface area contributed by atoms with E-state index < -0.39 is 0 Å². The summed E-state index contributed by atoms with van der Waals surface area (Å²) in [7, 11) is 1.77. The predicted molar refractivity (Wildman–Crippen MR) is 101 cm³/mol. The largest absolute Gasteiger partial charge is 0.489 e. The average Bonchev–Trinajstić information content (AvgIpc) is 2.96. The van der Waals surface area contributed by atoms with Crippen LogP contribution in [0.3, 0.4) is 0 Å². The van der Waals surface area contributed by atoms with Crippen molar-refractivity contribution in [2.24, 2.45) is 4.99 Å². The molecular formula is C18H26N4OS. The molecule has 2 rings (SSSR count). The molecule has 6 heteroatoms. The Morgan fingerprint density at radius 2 is 2.17 bits per heavy atom. The fourth-order valence-electron chi connectivity index (χ4n) is 2.26. The van der Waals surface area contributed by atoms with Gasteiger partial charge in [-0.05, 0) is 38.5 Å². The Bertz CT molecular complexity index is 669. The quantitative estimate of drug-likeness (QED) is 0.598. The number of nitrogens with zero attached hydrogens (tertiary/aromatic N) is 2. The summed E-state index contributed by atoms with van der Waals surface area (Å²) in [5, 5.41) is 9.80. The molecule has 0 saturated heterocycles. The second kappa shape index (κ2) is 9.27. The molecule has 1 unspecified atom stereocenters. The van der Waals surface area contributed by atoms with Gasteiger partial charge in [0, 0.05) is 25.4 Å². The van der Waals surface area contributed by atoms with Crippen LogP contribution in [0.15, 0.2) is 34.6 Å². The summed E-state index contributed by atoms with van der Waals surface area (Å²) in [6.45, 7) is 7.61. The molecule has 2 N–H and O–H groups in total. The second-order valence-corrected chi connectivity index (χ2v) is 6.79. The monoisotopic (exact) mass is 346 g/mol. The number of hydrogen-bond donors (Lipinski definition) is 2. The fourth-order valence-corrected chi connectivity index (χ4v) is 2.90. The molecule has 5 nitrogen and oxygen atoms in total. The van der Waals surface area contributed by atoms with Crippen molar-refractivity contribution in [3.8, 4) is 5.75 Å². The zero-order valence-corrected chi connectivity index (χ0v) is 15.6. The van der Waals surface area contributed by atoms with Gasteiger partial charge in [0.15, 0.2) is 5.96 Å². The summed E-state index contributed by atoms with van der Waals surface area (Å²) in [5.74, 6) is 1.67. The lowest BCUT2D eigenvalue weighted by Crippen LogP contribution is -2.42. The highest BCUT2D eigenvalue weighted by Gasteiger charge is 2.06. The Kier molecular flexibility index (Phi) is 7.06. The van der Waals surface area contributed by atoms with Crippen molar-refractivity contribution in [2.45, 2.75) is 33.3 Å². The van der Waals surface area contributed by atoms with E-state index in [0.717, 1.165) is 35.4 Å². The molecule has 0 aliphatic heterocycles. The van der Waals surface area contributed by atoms with Crippen LogP contribution in [-0.4, -0.2) is 37.2 Å². The molecule has 24 heavy (non-hydrogen) atoms. The van der Waals surface area contributed by atoms with Crippen LogP contribution in [0, 0.1) is 13.8 Å². The van der Waals surface area contributed by atoms with Gasteiger partial charge in [0.25, 0.3) is 0 Å². The maximum atomic E-state index is 5.91. The van der Waals surface area contributed by atoms with Crippen molar-refractivity contribution in [1.29, 1.82) is 0 Å². The molecule has 0 fully saturated rings. The van der Waals surface area contributed by atoms with Crippen molar-refractivity contribution in [2.75, 3.05) is 20.1 Å². The first-order valence-corrected chi connectivity index (χ1v) is 9.03. The van der Waals surface area contributed by atoms with Crippen molar-refractivity contribution >= 4 is 17.3 Å². The van der Waals surface area contributed by atoms with Gasteiger partial charge in [-0.25, -0.2) is 4.98 Å². The van der Waals surface area contributed by atoms with Crippen LogP contribution < -0.4 is 15.4 Å². The predicted octanol–water partition coefficient (Wildman–Crippen LogP) is 2.93. The first kappa shape index (κ1) is 18.3. The molecule has 0 spiro atoms. The molecule has 1 atom stereocenters. The summed E-state index contributed by atoms with van der Waals surface area (Å²) in [6.07, 6.45) is 0.937. The Balaban J connectivity index is 1.70.